The van der Waals surface area contributed by atoms with Crippen LogP contribution in [0.4, 0.5) is 0 Å². The van der Waals surface area contributed by atoms with Gasteiger partial charge in [0.2, 0.25) is 5.91 Å². The summed E-state index contributed by atoms with van der Waals surface area (Å²) in [5, 5.41) is 2.65. The standard InChI is InChI=1S/C11H19NO3/c1-4-15-10(14)9(12-8(2)13)7-11(3)5-6-11/h9H,4-7H2,1-3H3,(H,12,13)/t9-/m0/s1. The van der Waals surface area contributed by atoms with E-state index in [1.165, 1.54) is 6.92 Å². The third kappa shape index (κ3) is 3.90. The van der Waals surface area contributed by atoms with E-state index >= 15 is 0 Å². The number of hydrogen-bond acceptors (Lipinski definition) is 3. The number of ether oxygens (including phenoxy) is 1. The molecule has 0 aromatic heterocycles. The van der Waals surface area contributed by atoms with Crippen molar-refractivity contribution in [2.24, 2.45) is 5.41 Å². The molecule has 15 heavy (non-hydrogen) atoms. The quantitative estimate of drug-likeness (QED) is 0.699. The van der Waals surface area contributed by atoms with Gasteiger partial charge in [-0.3, -0.25) is 4.79 Å². The fourth-order valence-corrected chi connectivity index (χ4v) is 1.59. The smallest absolute Gasteiger partial charge is 0.328 e. The van der Waals surface area contributed by atoms with E-state index in [1.807, 2.05) is 0 Å². The van der Waals surface area contributed by atoms with Gasteiger partial charge in [0.25, 0.3) is 0 Å². The van der Waals surface area contributed by atoms with Crippen molar-refractivity contribution >= 4 is 11.9 Å². The topological polar surface area (TPSA) is 55.4 Å². The Kier molecular flexibility index (Phi) is 3.72. The van der Waals surface area contributed by atoms with Crippen molar-refractivity contribution in [2.45, 2.75) is 46.1 Å². The molecule has 0 aromatic rings. The second-order valence-electron chi connectivity index (χ2n) is 4.52. The van der Waals surface area contributed by atoms with Gasteiger partial charge in [0.05, 0.1) is 6.61 Å². The molecule has 4 heteroatoms. The van der Waals surface area contributed by atoms with E-state index in [4.69, 9.17) is 4.74 Å². The predicted molar refractivity (Wildman–Crippen MR) is 56.2 cm³/mol. The maximum atomic E-state index is 11.5. The molecule has 0 saturated heterocycles. The van der Waals surface area contributed by atoms with Gasteiger partial charge in [0.15, 0.2) is 0 Å². The second kappa shape index (κ2) is 4.64. The Bertz CT molecular complexity index is 259. The lowest BCUT2D eigenvalue weighted by molar-refractivity contribution is -0.147. The molecule has 1 N–H and O–H groups in total. The SMILES string of the molecule is CCOC(=O)[C@H](CC1(C)CC1)NC(C)=O. The Balaban J connectivity index is 2.51. The summed E-state index contributed by atoms with van der Waals surface area (Å²) in [6, 6.07) is -0.477. The van der Waals surface area contributed by atoms with Gasteiger partial charge < -0.3 is 10.1 Å². The van der Waals surface area contributed by atoms with Gasteiger partial charge in [0, 0.05) is 6.92 Å². The molecule has 0 aromatic carbocycles. The molecule has 1 saturated carbocycles. The molecule has 1 rings (SSSR count). The maximum Gasteiger partial charge on any atom is 0.328 e. The molecule has 86 valence electrons. The van der Waals surface area contributed by atoms with E-state index in [1.54, 1.807) is 6.92 Å². The van der Waals surface area contributed by atoms with Crippen LogP contribution in [0.5, 0.6) is 0 Å². The van der Waals surface area contributed by atoms with Gasteiger partial charge in [0.1, 0.15) is 6.04 Å². The first-order valence-electron chi connectivity index (χ1n) is 5.40. The highest BCUT2D eigenvalue weighted by Gasteiger charge is 2.41. The summed E-state index contributed by atoms with van der Waals surface area (Å²) in [6.07, 6.45) is 2.94. The molecule has 1 aliphatic carbocycles. The Morgan fingerprint density at radius 2 is 2.07 bits per heavy atom. The first-order valence-corrected chi connectivity index (χ1v) is 5.40. The van der Waals surface area contributed by atoms with Crippen LogP contribution in [0.1, 0.15) is 40.0 Å². The minimum atomic E-state index is -0.477. The monoisotopic (exact) mass is 213 g/mol. The molecular formula is C11H19NO3. The minimum Gasteiger partial charge on any atom is -0.464 e. The van der Waals surface area contributed by atoms with Gasteiger partial charge in [-0.25, -0.2) is 4.79 Å². The number of carbonyl (C=O) groups is 2. The van der Waals surface area contributed by atoms with Crippen LogP contribution < -0.4 is 5.32 Å². The van der Waals surface area contributed by atoms with Gasteiger partial charge in [-0.05, 0) is 31.6 Å². The third-order valence-electron chi connectivity index (χ3n) is 2.75. The van der Waals surface area contributed by atoms with Crippen LogP contribution in [0.3, 0.4) is 0 Å². The van der Waals surface area contributed by atoms with Crippen molar-refractivity contribution in [2.75, 3.05) is 6.61 Å². The number of amides is 1. The summed E-state index contributed by atoms with van der Waals surface area (Å²) in [6.45, 7) is 5.66. The van der Waals surface area contributed by atoms with Gasteiger partial charge in [-0.2, -0.15) is 0 Å². The summed E-state index contributed by atoms with van der Waals surface area (Å²) in [5.74, 6) is -0.502. The highest BCUT2D eigenvalue weighted by molar-refractivity contribution is 5.83. The lowest BCUT2D eigenvalue weighted by Gasteiger charge is -2.19. The van der Waals surface area contributed by atoms with Crippen molar-refractivity contribution in [3.05, 3.63) is 0 Å². The van der Waals surface area contributed by atoms with Crippen LogP contribution in [0.15, 0.2) is 0 Å². The molecule has 0 radical (unpaired) electrons. The van der Waals surface area contributed by atoms with E-state index in [-0.39, 0.29) is 17.3 Å². The molecule has 1 atom stereocenters. The fourth-order valence-electron chi connectivity index (χ4n) is 1.59. The highest BCUT2D eigenvalue weighted by atomic mass is 16.5. The summed E-state index contributed by atoms with van der Waals surface area (Å²) >= 11 is 0. The third-order valence-corrected chi connectivity index (χ3v) is 2.75. The Morgan fingerprint density at radius 1 is 1.47 bits per heavy atom. The van der Waals surface area contributed by atoms with E-state index in [2.05, 4.69) is 12.2 Å². The Hall–Kier alpha value is -1.06. The Morgan fingerprint density at radius 3 is 2.47 bits per heavy atom. The summed E-state index contributed by atoms with van der Waals surface area (Å²) in [7, 11) is 0. The molecular weight excluding hydrogens is 194 g/mol. The van der Waals surface area contributed by atoms with Crippen LogP contribution in [0, 0.1) is 5.41 Å². The molecule has 1 aliphatic rings. The average molecular weight is 213 g/mol. The maximum absolute atomic E-state index is 11.5. The van der Waals surface area contributed by atoms with Gasteiger partial charge in [-0.1, -0.05) is 6.92 Å². The van der Waals surface area contributed by atoms with E-state index in [0.29, 0.717) is 13.0 Å². The first kappa shape index (κ1) is 12.0. The zero-order valence-electron chi connectivity index (χ0n) is 9.63. The number of carbonyl (C=O) groups excluding carboxylic acids is 2. The first-order chi connectivity index (χ1) is 6.97. The van der Waals surface area contributed by atoms with Crippen LogP contribution in [0.2, 0.25) is 0 Å². The van der Waals surface area contributed by atoms with Crippen LogP contribution >= 0.6 is 0 Å². The number of esters is 1. The largest absolute Gasteiger partial charge is 0.464 e. The normalized spacial score (nSPS) is 19.1. The average Bonchev–Trinajstić information content (AvgIpc) is 2.82. The molecule has 1 fully saturated rings. The molecule has 0 aliphatic heterocycles. The van der Waals surface area contributed by atoms with Crippen LogP contribution in [-0.2, 0) is 14.3 Å². The van der Waals surface area contributed by atoms with Crippen LogP contribution in [0.25, 0.3) is 0 Å². The lowest BCUT2D eigenvalue weighted by atomic mass is 9.99. The molecule has 4 nitrogen and oxygen atoms in total. The summed E-state index contributed by atoms with van der Waals surface area (Å²) < 4.78 is 4.92. The van der Waals surface area contributed by atoms with Gasteiger partial charge in [-0.15, -0.1) is 0 Å². The number of rotatable bonds is 5. The molecule has 0 bridgehead atoms. The number of nitrogens with one attached hydrogen (secondary N) is 1. The van der Waals surface area contributed by atoms with E-state index in [9.17, 15) is 9.59 Å². The zero-order chi connectivity index (χ0) is 11.5. The fraction of sp³-hybridized carbons (Fsp3) is 0.818. The van der Waals surface area contributed by atoms with Crippen molar-refractivity contribution in [3.8, 4) is 0 Å². The molecule has 0 heterocycles. The van der Waals surface area contributed by atoms with Crippen molar-refractivity contribution < 1.29 is 14.3 Å². The lowest BCUT2D eigenvalue weighted by Crippen LogP contribution is -2.42. The van der Waals surface area contributed by atoms with Crippen LogP contribution in [-0.4, -0.2) is 24.5 Å². The van der Waals surface area contributed by atoms with E-state index < -0.39 is 6.04 Å². The van der Waals surface area contributed by atoms with E-state index in [0.717, 1.165) is 12.8 Å². The highest BCUT2D eigenvalue weighted by Crippen LogP contribution is 2.48. The van der Waals surface area contributed by atoms with Crippen molar-refractivity contribution in [1.29, 1.82) is 0 Å². The Labute approximate surface area is 90.4 Å². The predicted octanol–water partition coefficient (Wildman–Crippen LogP) is 1.24. The number of hydrogen-bond donors (Lipinski definition) is 1. The summed E-state index contributed by atoms with van der Waals surface area (Å²) in [4.78, 5) is 22.5. The molecule has 1 amide bonds. The molecule has 0 unspecified atom stereocenters. The molecule has 0 spiro atoms. The minimum absolute atomic E-state index is 0.183. The summed E-state index contributed by atoms with van der Waals surface area (Å²) in [5.41, 5.74) is 0.222. The zero-order valence-corrected chi connectivity index (χ0v) is 9.63. The van der Waals surface area contributed by atoms with Crippen molar-refractivity contribution in [1.82, 2.24) is 5.32 Å². The van der Waals surface area contributed by atoms with Crippen molar-refractivity contribution in [3.63, 3.8) is 0 Å². The van der Waals surface area contributed by atoms with Gasteiger partial charge >= 0.3 is 5.97 Å². The second-order valence-corrected chi connectivity index (χ2v) is 4.52.